The van der Waals surface area contributed by atoms with E-state index in [0.717, 1.165) is 11.8 Å². The Morgan fingerprint density at radius 2 is 1.95 bits per heavy atom. The van der Waals surface area contributed by atoms with Gasteiger partial charge in [0.1, 0.15) is 6.33 Å². The number of nitrogens with one attached hydrogen (secondary N) is 1. The SMILES string of the molecule is Nc1ncnc(SCC(=O)Nc2cc(Cl)cc(Cl)c2)n1. The number of rotatable bonds is 4. The highest BCUT2D eigenvalue weighted by Gasteiger charge is 2.07. The predicted octanol–water partition coefficient (Wildman–Crippen LogP) is 2.49. The van der Waals surface area contributed by atoms with Crippen molar-refractivity contribution < 1.29 is 4.79 Å². The number of carbonyl (C=O) groups excluding carboxylic acids is 1. The number of aromatic nitrogens is 3. The number of carbonyl (C=O) groups is 1. The third kappa shape index (κ3) is 4.52. The van der Waals surface area contributed by atoms with Gasteiger partial charge in [-0.05, 0) is 18.2 Å². The van der Waals surface area contributed by atoms with Gasteiger partial charge in [-0.25, -0.2) is 9.97 Å². The Hall–Kier alpha value is -1.57. The number of hydrogen-bond donors (Lipinski definition) is 2. The molecule has 9 heteroatoms. The lowest BCUT2D eigenvalue weighted by molar-refractivity contribution is -0.113. The van der Waals surface area contributed by atoms with Gasteiger partial charge in [-0.2, -0.15) is 4.98 Å². The second-order valence-corrected chi connectivity index (χ2v) is 5.44. The average molecular weight is 330 g/mol. The van der Waals surface area contributed by atoms with E-state index < -0.39 is 0 Å². The van der Waals surface area contributed by atoms with Crippen LogP contribution in [-0.4, -0.2) is 26.6 Å². The largest absolute Gasteiger partial charge is 0.368 e. The molecule has 0 spiro atoms. The molecule has 0 aliphatic rings. The number of nitrogens with two attached hydrogens (primary N) is 1. The van der Waals surface area contributed by atoms with Gasteiger partial charge < -0.3 is 11.1 Å². The van der Waals surface area contributed by atoms with Crippen molar-refractivity contribution in [2.75, 3.05) is 16.8 Å². The van der Waals surface area contributed by atoms with Gasteiger partial charge in [0.15, 0.2) is 5.16 Å². The summed E-state index contributed by atoms with van der Waals surface area (Å²) in [5.41, 5.74) is 5.95. The molecule has 20 heavy (non-hydrogen) atoms. The van der Waals surface area contributed by atoms with E-state index in [1.165, 1.54) is 6.33 Å². The topological polar surface area (TPSA) is 93.8 Å². The molecule has 0 aliphatic carbocycles. The van der Waals surface area contributed by atoms with Gasteiger partial charge >= 0.3 is 0 Å². The number of anilines is 2. The first-order chi connectivity index (χ1) is 9.52. The maximum atomic E-state index is 11.8. The van der Waals surface area contributed by atoms with Gasteiger partial charge in [0.25, 0.3) is 0 Å². The zero-order valence-electron chi connectivity index (χ0n) is 10.0. The molecular formula is C11H9Cl2N5OS. The van der Waals surface area contributed by atoms with Crippen molar-refractivity contribution in [2.24, 2.45) is 0 Å². The molecule has 0 unspecified atom stereocenters. The van der Waals surface area contributed by atoms with Crippen LogP contribution >= 0.6 is 35.0 Å². The van der Waals surface area contributed by atoms with Crippen LogP contribution in [0.4, 0.5) is 11.6 Å². The molecule has 2 aromatic rings. The number of hydrogen-bond acceptors (Lipinski definition) is 6. The molecule has 104 valence electrons. The summed E-state index contributed by atoms with van der Waals surface area (Å²) in [5.74, 6) is 0.0185. The van der Waals surface area contributed by atoms with Gasteiger partial charge in [-0.1, -0.05) is 35.0 Å². The normalized spacial score (nSPS) is 10.3. The standard InChI is InChI=1S/C11H9Cl2N5OS/c12-6-1-7(13)3-8(2-6)17-9(19)4-20-11-16-5-15-10(14)18-11/h1-3,5H,4H2,(H,17,19)(H2,14,15,16,18). The first-order valence-electron chi connectivity index (χ1n) is 5.36. The maximum absolute atomic E-state index is 11.8. The maximum Gasteiger partial charge on any atom is 0.234 e. The van der Waals surface area contributed by atoms with E-state index in [2.05, 4.69) is 20.3 Å². The molecule has 1 aromatic heterocycles. The van der Waals surface area contributed by atoms with E-state index in [1.54, 1.807) is 18.2 Å². The number of amides is 1. The molecule has 0 fully saturated rings. The van der Waals surface area contributed by atoms with Gasteiger partial charge in [0.2, 0.25) is 11.9 Å². The third-order valence-corrected chi connectivity index (χ3v) is 3.34. The molecule has 0 saturated carbocycles. The zero-order chi connectivity index (χ0) is 14.5. The fourth-order valence-corrected chi connectivity index (χ4v) is 2.45. The van der Waals surface area contributed by atoms with Gasteiger partial charge in [-0.15, -0.1) is 0 Å². The smallest absolute Gasteiger partial charge is 0.234 e. The van der Waals surface area contributed by atoms with Crippen molar-refractivity contribution in [3.63, 3.8) is 0 Å². The lowest BCUT2D eigenvalue weighted by Crippen LogP contribution is -2.14. The van der Waals surface area contributed by atoms with Crippen LogP contribution in [0, 0.1) is 0 Å². The van der Waals surface area contributed by atoms with Gasteiger partial charge in [-0.3, -0.25) is 4.79 Å². The summed E-state index contributed by atoms with van der Waals surface area (Å²) in [6.45, 7) is 0. The lowest BCUT2D eigenvalue weighted by atomic mass is 10.3. The number of thioether (sulfide) groups is 1. The van der Waals surface area contributed by atoms with E-state index in [1.807, 2.05) is 0 Å². The van der Waals surface area contributed by atoms with Crippen molar-refractivity contribution in [1.82, 2.24) is 15.0 Å². The highest BCUT2D eigenvalue weighted by atomic mass is 35.5. The summed E-state index contributed by atoms with van der Waals surface area (Å²) in [4.78, 5) is 23.2. The summed E-state index contributed by atoms with van der Waals surface area (Å²) in [5, 5.41) is 3.96. The average Bonchev–Trinajstić information content (AvgIpc) is 2.35. The summed E-state index contributed by atoms with van der Waals surface area (Å²) >= 11 is 12.8. The minimum atomic E-state index is -0.229. The molecular weight excluding hydrogens is 321 g/mol. The Morgan fingerprint density at radius 3 is 2.60 bits per heavy atom. The minimum absolute atomic E-state index is 0.115. The first kappa shape index (κ1) is 14.8. The summed E-state index contributed by atoms with van der Waals surface area (Å²) in [6, 6.07) is 4.80. The Morgan fingerprint density at radius 1 is 1.25 bits per heavy atom. The number of benzene rings is 1. The molecule has 0 radical (unpaired) electrons. The summed E-state index contributed by atoms with van der Waals surface area (Å²) < 4.78 is 0. The number of nitrogens with zero attached hydrogens (tertiary/aromatic N) is 3. The van der Waals surface area contributed by atoms with E-state index >= 15 is 0 Å². The van der Waals surface area contributed by atoms with E-state index in [4.69, 9.17) is 28.9 Å². The Kier molecular flexibility index (Phi) is 4.99. The lowest BCUT2D eigenvalue weighted by Gasteiger charge is -2.05. The highest BCUT2D eigenvalue weighted by Crippen LogP contribution is 2.22. The second-order valence-electron chi connectivity index (χ2n) is 3.62. The van der Waals surface area contributed by atoms with Gasteiger partial charge in [0, 0.05) is 15.7 Å². The van der Waals surface area contributed by atoms with E-state index in [-0.39, 0.29) is 17.6 Å². The Bertz CT molecular complexity index is 620. The van der Waals surface area contributed by atoms with Crippen LogP contribution in [0.5, 0.6) is 0 Å². The van der Waals surface area contributed by atoms with Crippen LogP contribution in [0.15, 0.2) is 29.7 Å². The van der Waals surface area contributed by atoms with Crippen molar-refractivity contribution in [2.45, 2.75) is 5.16 Å². The summed E-state index contributed by atoms with van der Waals surface area (Å²) in [6.07, 6.45) is 1.29. The van der Waals surface area contributed by atoms with Crippen molar-refractivity contribution >= 4 is 52.5 Å². The molecule has 3 N–H and O–H groups in total. The highest BCUT2D eigenvalue weighted by molar-refractivity contribution is 7.99. The molecule has 1 amide bonds. The molecule has 0 bridgehead atoms. The zero-order valence-corrected chi connectivity index (χ0v) is 12.3. The Balaban J connectivity index is 1.92. The van der Waals surface area contributed by atoms with E-state index in [9.17, 15) is 4.79 Å². The van der Waals surface area contributed by atoms with Crippen LogP contribution in [0.1, 0.15) is 0 Å². The van der Waals surface area contributed by atoms with Crippen molar-refractivity contribution in [1.29, 1.82) is 0 Å². The Labute approximate surface area is 129 Å². The fourth-order valence-electron chi connectivity index (χ4n) is 1.32. The van der Waals surface area contributed by atoms with Crippen LogP contribution in [0.3, 0.4) is 0 Å². The summed E-state index contributed by atoms with van der Waals surface area (Å²) in [7, 11) is 0. The predicted molar refractivity (Wildman–Crippen MR) is 80.1 cm³/mol. The van der Waals surface area contributed by atoms with Crippen molar-refractivity contribution in [3.8, 4) is 0 Å². The van der Waals surface area contributed by atoms with Crippen LogP contribution in [0.25, 0.3) is 0 Å². The van der Waals surface area contributed by atoms with Crippen LogP contribution in [0.2, 0.25) is 10.0 Å². The quantitative estimate of drug-likeness (QED) is 0.837. The molecule has 0 saturated heterocycles. The minimum Gasteiger partial charge on any atom is -0.368 e. The molecule has 1 heterocycles. The second kappa shape index (κ2) is 6.74. The third-order valence-electron chi connectivity index (χ3n) is 2.05. The number of halogens is 2. The first-order valence-corrected chi connectivity index (χ1v) is 7.10. The van der Waals surface area contributed by atoms with Gasteiger partial charge in [0.05, 0.1) is 5.75 Å². The monoisotopic (exact) mass is 329 g/mol. The van der Waals surface area contributed by atoms with Crippen LogP contribution in [-0.2, 0) is 4.79 Å². The number of nitrogen functional groups attached to an aromatic ring is 1. The molecule has 0 aliphatic heterocycles. The molecule has 6 nitrogen and oxygen atoms in total. The van der Waals surface area contributed by atoms with E-state index in [0.29, 0.717) is 20.9 Å². The molecule has 0 atom stereocenters. The van der Waals surface area contributed by atoms with Crippen LogP contribution < -0.4 is 11.1 Å². The molecule has 1 aromatic carbocycles. The van der Waals surface area contributed by atoms with Crippen molar-refractivity contribution in [3.05, 3.63) is 34.6 Å². The molecule has 2 rings (SSSR count). The fraction of sp³-hybridized carbons (Fsp3) is 0.0909.